The maximum absolute atomic E-state index is 10.4. The quantitative estimate of drug-likeness (QED) is 0.401. The summed E-state index contributed by atoms with van der Waals surface area (Å²) in [6.45, 7) is 0.599. The van der Waals surface area contributed by atoms with Crippen LogP contribution in [0.25, 0.3) is 0 Å². The number of carbonyl (C=O) groups is 1. The van der Waals surface area contributed by atoms with E-state index in [-0.39, 0.29) is 13.2 Å². The van der Waals surface area contributed by atoms with E-state index >= 15 is 0 Å². The number of ether oxygens (including phenoxy) is 1. The van der Waals surface area contributed by atoms with Gasteiger partial charge in [0.1, 0.15) is 0 Å². The molecule has 0 rings (SSSR count). The Morgan fingerprint density at radius 2 is 2.18 bits per heavy atom. The summed E-state index contributed by atoms with van der Waals surface area (Å²) < 4.78 is 4.87. The maximum Gasteiger partial charge on any atom is 0.234 e. The lowest BCUT2D eigenvalue weighted by molar-refractivity contribution is -0.119. The number of aliphatic hydroxyl groups is 1. The second kappa shape index (κ2) is 6.09. The Morgan fingerprint density at radius 3 is 2.64 bits per heavy atom. The number of aliphatic hydroxyl groups excluding tert-OH is 1. The average molecular weight is 162 g/mol. The summed E-state index contributed by atoms with van der Waals surface area (Å²) >= 11 is 0. The molecule has 0 aliphatic rings. The molecule has 1 amide bonds. The molecule has 0 aromatic carbocycles. The second-order valence-electron chi connectivity index (χ2n) is 2.13. The zero-order valence-corrected chi connectivity index (χ0v) is 6.32. The van der Waals surface area contributed by atoms with Crippen LogP contribution in [0.2, 0.25) is 0 Å². The van der Waals surface area contributed by atoms with Crippen LogP contribution in [0, 0.1) is 0 Å². The third kappa shape index (κ3) is 5.78. The van der Waals surface area contributed by atoms with Crippen LogP contribution in [-0.4, -0.2) is 36.9 Å². The van der Waals surface area contributed by atoms with Gasteiger partial charge in [-0.25, -0.2) is 0 Å². The topological polar surface area (TPSA) is 98.6 Å². The third-order valence-electron chi connectivity index (χ3n) is 1.17. The molecule has 0 saturated heterocycles. The van der Waals surface area contributed by atoms with Crippen molar-refractivity contribution in [1.29, 1.82) is 0 Å². The predicted octanol–water partition coefficient (Wildman–Crippen LogP) is -1.80. The standard InChI is InChI=1S/C6H14N2O3/c7-5(6(8)10)1-3-11-4-2-9/h5,9H,1-4,7H2,(H2,8,10). The molecule has 0 spiro atoms. The number of nitrogens with two attached hydrogens (primary N) is 2. The molecule has 5 nitrogen and oxygen atoms in total. The van der Waals surface area contributed by atoms with Crippen molar-refractivity contribution < 1.29 is 14.6 Å². The van der Waals surface area contributed by atoms with Gasteiger partial charge in [0.15, 0.2) is 0 Å². The Morgan fingerprint density at radius 1 is 1.55 bits per heavy atom. The van der Waals surface area contributed by atoms with Crippen molar-refractivity contribution in [3.8, 4) is 0 Å². The summed E-state index contributed by atoms with van der Waals surface area (Å²) in [5.41, 5.74) is 10.2. The van der Waals surface area contributed by atoms with Gasteiger partial charge in [-0.05, 0) is 6.42 Å². The fourth-order valence-corrected chi connectivity index (χ4v) is 0.519. The first-order valence-corrected chi connectivity index (χ1v) is 3.42. The molecule has 0 bridgehead atoms. The van der Waals surface area contributed by atoms with Crippen molar-refractivity contribution in [1.82, 2.24) is 0 Å². The first-order chi connectivity index (χ1) is 5.18. The highest BCUT2D eigenvalue weighted by Gasteiger charge is 2.07. The molecule has 66 valence electrons. The lowest BCUT2D eigenvalue weighted by Gasteiger charge is -2.06. The van der Waals surface area contributed by atoms with E-state index in [0.29, 0.717) is 13.0 Å². The molecule has 5 heteroatoms. The zero-order chi connectivity index (χ0) is 8.69. The van der Waals surface area contributed by atoms with Crippen molar-refractivity contribution >= 4 is 5.91 Å². The van der Waals surface area contributed by atoms with Crippen molar-refractivity contribution in [2.45, 2.75) is 12.5 Å². The smallest absolute Gasteiger partial charge is 0.234 e. The van der Waals surface area contributed by atoms with E-state index in [9.17, 15) is 4.79 Å². The van der Waals surface area contributed by atoms with Gasteiger partial charge in [0.05, 0.1) is 19.3 Å². The lowest BCUT2D eigenvalue weighted by atomic mass is 10.2. The van der Waals surface area contributed by atoms with Gasteiger partial charge in [0.25, 0.3) is 0 Å². The van der Waals surface area contributed by atoms with Gasteiger partial charge < -0.3 is 21.3 Å². The Kier molecular flexibility index (Phi) is 5.73. The summed E-state index contributed by atoms with van der Waals surface area (Å²) in [4.78, 5) is 10.4. The zero-order valence-electron chi connectivity index (χ0n) is 6.32. The fraction of sp³-hybridized carbons (Fsp3) is 0.833. The molecule has 0 fully saturated rings. The summed E-state index contributed by atoms with van der Waals surface area (Å²) in [6, 6.07) is -0.645. The van der Waals surface area contributed by atoms with E-state index in [1.807, 2.05) is 0 Å². The van der Waals surface area contributed by atoms with E-state index in [1.54, 1.807) is 0 Å². The van der Waals surface area contributed by atoms with E-state index < -0.39 is 11.9 Å². The van der Waals surface area contributed by atoms with Gasteiger partial charge in [-0.1, -0.05) is 0 Å². The van der Waals surface area contributed by atoms with E-state index in [0.717, 1.165) is 0 Å². The van der Waals surface area contributed by atoms with Crippen LogP contribution in [0.15, 0.2) is 0 Å². The van der Waals surface area contributed by atoms with Gasteiger partial charge in [-0.2, -0.15) is 0 Å². The van der Waals surface area contributed by atoms with Crippen molar-refractivity contribution in [2.75, 3.05) is 19.8 Å². The molecule has 1 unspecified atom stereocenters. The van der Waals surface area contributed by atoms with Gasteiger partial charge in [0, 0.05) is 6.61 Å². The Hall–Kier alpha value is -0.650. The van der Waals surface area contributed by atoms with Crippen LogP contribution in [0.1, 0.15) is 6.42 Å². The van der Waals surface area contributed by atoms with E-state index in [4.69, 9.17) is 21.3 Å². The number of hydrogen-bond donors (Lipinski definition) is 3. The Bertz CT molecular complexity index is 118. The predicted molar refractivity (Wildman–Crippen MR) is 39.7 cm³/mol. The molecule has 0 aliphatic heterocycles. The van der Waals surface area contributed by atoms with Crippen LogP contribution in [0.5, 0.6) is 0 Å². The second-order valence-corrected chi connectivity index (χ2v) is 2.13. The van der Waals surface area contributed by atoms with Crippen LogP contribution in [0.3, 0.4) is 0 Å². The molecular weight excluding hydrogens is 148 g/mol. The first kappa shape index (κ1) is 10.3. The number of carbonyl (C=O) groups excluding carboxylic acids is 1. The molecular formula is C6H14N2O3. The maximum atomic E-state index is 10.4. The summed E-state index contributed by atoms with van der Waals surface area (Å²) in [5, 5.41) is 8.29. The number of rotatable bonds is 6. The van der Waals surface area contributed by atoms with E-state index in [1.165, 1.54) is 0 Å². The van der Waals surface area contributed by atoms with Crippen LogP contribution in [0.4, 0.5) is 0 Å². The highest BCUT2D eigenvalue weighted by molar-refractivity contribution is 5.79. The van der Waals surface area contributed by atoms with Gasteiger partial charge >= 0.3 is 0 Å². The summed E-state index contributed by atoms with van der Waals surface area (Å²) in [6.07, 6.45) is 0.398. The number of primary amides is 1. The SMILES string of the molecule is NC(=O)C(N)CCOCCO. The minimum absolute atomic E-state index is 0.0220. The molecule has 0 aromatic heterocycles. The monoisotopic (exact) mass is 162 g/mol. The van der Waals surface area contributed by atoms with Crippen LogP contribution >= 0.6 is 0 Å². The highest BCUT2D eigenvalue weighted by Crippen LogP contribution is 1.87. The molecule has 0 aromatic rings. The Labute approximate surface area is 65.3 Å². The molecule has 1 atom stereocenters. The summed E-state index contributed by atoms with van der Waals surface area (Å²) in [7, 11) is 0. The summed E-state index contributed by atoms with van der Waals surface area (Å²) in [5.74, 6) is -0.530. The van der Waals surface area contributed by atoms with Crippen molar-refractivity contribution in [3.05, 3.63) is 0 Å². The minimum atomic E-state index is -0.645. The van der Waals surface area contributed by atoms with Gasteiger partial charge in [-0.3, -0.25) is 4.79 Å². The number of hydrogen-bond acceptors (Lipinski definition) is 4. The molecule has 0 radical (unpaired) electrons. The van der Waals surface area contributed by atoms with Gasteiger partial charge in [-0.15, -0.1) is 0 Å². The molecule has 0 heterocycles. The van der Waals surface area contributed by atoms with Crippen molar-refractivity contribution in [2.24, 2.45) is 11.5 Å². The fourth-order valence-electron chi connectivity index (χ4n) is 0.519. The molecule has 11 heavy (non-hydrogen) atoms. The van der Waals surface area contributed by atoms with Crippen LogP contribution < -0.4 is 11.5 Å². The highest BCUT2D eigenvalue weighted by atomic mass is 16.5. The molecule has 0 aliphatic carbocycles. The third-order valence-corrected chi connectivity index (χ3v) is 1.17. The molecule has 0 saturated carbocycles. The Balaban J connectivity index is 3.17. The molecule has 5 N–H and O–H groups in total. The minimum Gasteiger partial charge on any atom is -0.394 e. The number of amides is 1. The van der Waals surface area contributed by atoms with E-state index in [2.05, 4.69) is 0 Å². The first-order valence-electron chi connectivity index (χ1n) is 3.42. The van der Waals surface area contributed by atoms with Gasteiger partial charge in [0.2, 0.25) is 5.91 Å². The lowest BCUT2D eigenvalue weighted by Crippen LogP contribution is -2.37. The largest absolute Gasteiger partial charge is 0.394 e. The van der Waals surface area contributed by atoms with Crippen LogP contribution in [-0.2, 0) is 9.53 Å². The van der Waals surface area contributed by atoms with Crippen molar-refractivity contribution in [3.63, 3.8) is 0 Å². The normalized spacial score (nSPS) is 12.9. The average Bonchev–Trinajstić information content (AvgIpc) is 1.97.